The number of aliphatic carboxylic acids is 1. The number of nitrogens with two attached hydrogens (primary N) is 1. The van der Waals surface area contributed by atoms with E-state index in [2.05, 4.69) is 10.6 Å². The van der Waals surface area contributed by atoms with Crippen LogP contribution in [0.15, 0.2) is 0 Å². The van der Waals surface area contributed by atoms with Crippen molar-refractivity contribution in [2.24, 2.45) is 5.73 Å². The Morgan fingerprint density at radius 2 is 1.33 bits per heavy atom. The maximum absolute atomic E-state index is 11.9. The van der Waals surface area contributed by atoms with Gasteiger partial charge in [0.15, 0.2) is 0 Å². The van der Waals surface area contributed by atoms with Gasteiger partial charge in [0.05, 0.1) is 19.8 Å². The predicted molar refractivity (Wildman–Crippen MR) is 78.3 cm³/mol. The molecule has 0 saturated heterocycles. The minimum atomic E-state index is -1.53. The molecule has 138 valence electrons. The molecule has 0 aromatic carbocycles. The third-order valence-electron chi connectivity index (χ3n) is 2.90. The van der Waals surface area contributed by atoms with E-state index in [0.29, 0.717) is 0 Å². The molecule has 9 N–H and O–H groups in total. The Balaban J connectivity index is 4.67. The summed E-state index contributed by atoms with van der Waals surface area (Å²) >= 11 is 0. The van der Waals surface area contributed by atoms with Gasteiger partial charge in [-0.1, -0.05) is 0 Å². The summed E-state index contributed by atoms with van der Waals surface area (Å²) in [5, 5.41) is 41.6. The molecule has 24 heavy (non-hydrogen) atoms. The van der Waals surface area contributed by atoms with Crippen LogP contribution in [-0.2, 0) is 19.2 Å². The van der Waals surface area contributed by atoms with Crippen molar-refractivity contribution >= 4 is 23.7 Å². The molecule has 0 saturated carbocycles. The van der Waals surface area contributed by atoms with E-state index in [1.165, 1.54) is 6.92 Å². The molecule has 0 rings (SSSR count). The molecule has 0 aliphatic heterocycles. The second-order valence-corrected chi connectivity index (χ2v) is 4.85. The van der Waals surface area contributed by atoms with Crippen LogP contribution in [0.1, 0.15) is 6.92 Å². The second kappa shape index (κ2) is 10.5. The summed E-state index contributed by atoms with van der Waals surface area (Å²) in [5.41, 5.74) is 5.25. The zero-order valence-electron chi connectivity index (χ0n) is 12.9. The summed E-state index contributed by atoms with van der Waals surface area (Å²) in [6, 6.07) is -5.44. The number of rotatable bonds is 10. The van der Waals surface area contributed by atoms with Crippen LogP contribution >= 0.6 is 0 Å². The molecular weight excluding hydrogens is 328 g/mol. The highest BCUT2D eigenvalue weighted by Crippen LogP contribution is 1.92. The summed E-state index contributed by atoms with van der Waals surface area (Å²) in [7, 11) is 0. The molecule has 12 nitrogen and oxygen atoms in total. The van der Waals surface area contributed by atoms with Crippen LogP contribution in [0.2, 0.25) is 0 Å². The Bertz CT molecular complexity index is 472. The smallest absolute Gasteiger partial charge is 0.328 e. The molecule has 0 spiro atoms. The van der Waals surface area contributed by atoms with Gasteiger partial charge < -0.3 is 42.1 Å². The van der Waals surface area contributed by atoms with Crippen LogP contribution in [0.5, 0.6) is 0 Å². The van der Waals surface area contributed by atoms with E-state index in [0.717, 1.165) is 0 Å². The van der Waals surface area contributed by atoms with Gasteiger partial charge in [-0.3, -0.25) is 14.4 Å². The van der Waals surface area contributed by atoms with Gasteiger partial charge in [0.25, 0.3) is 0 Å². The van der Waals surface area contributed by atoms with Crippen molar-refractivity contribution in [3.05, 3.63) is 0 Å². The van der Waals surface area contributed by atoms with Crippen molar-refractivity contribution in [3.63, 3.8) is 0 Å². The Hall–Kier alpha value is -2.28. The van der Waals surface area contributed by atoms with E-state index in [-0.39, 0.29) is 0 Å². The van der Waals surface area contributed by atoms with Crippen LogP contribution in [0.4, 0.5) is 0 Å². The number of amides is 3. The number of carboxylic acid groups (broad SMARTS) is 1. The lowest BCUT2D eigenvalue weighted by Crippen LogP contribution is -2.58. The van der Waals surface area contributed by atoms with Crippen LogP contribution in [-0.4, -0.2) is 88.1 Å². The van der Waals surface area contributed by atoms with Gasteiger partial charge in [0.1, 0.15) is 24.2 Å². The standard InChI is InChI=1S/C12H22N4O8/c1-5(9(20)16-8(4-19)12(23)24)14-11(22)7(3-18)15-10(21)6(13)2-17/h5-8,17-19H,2-4,13H2,1H3,(H,14,22)(H,15,21)(H,16,20)(H,23,24)/t5-,6-,7-,8-/m0/s1. The normalized spacial score (nSPS) is 15.5. The van der Waals surface area contributed by atoms with E-state index in [1.807, 2.05) is 5.32 Å². The first kappa shape index (κ1) is 21.7. The summed E-state index contributed by atoms with van der Waals surface area (Å²) in [6.07, 6.45) is 0. The van der Waals surface area contributed by atoms with Crippen LogP contribution in [0, 0.1) is 0 Å². The summed E-state index contributed by atoms with van der Waals surface area (Å²) < 4.78 is 0. The van der Waals surface area contributed by atoms with Gasteiger partial charge in [-0.15, -0.1) is 0 Å². The van der Waals surface area contributed by atoms with Gasteiger partial charge in [-0.2, -0.15) is 0 Å². The maximum atomic E-state index is 11.9. The van der Waals surface area contributed by atoms with Crippen molar-refractivity contribution in [3.8, 4) is 0 Å². The molecule has 3 amide bonds. The lowest BCUT2D eigenvalue weighted by Gasteiger charge is -2.21. The fourth-order valence-corrected chi connectivity index (χ4v) is 1.42. The quantitative estimate of drug-likeness (QED) is 0.189. The molecule has 12 heteroatoms. The Labute approximate surface area is 137 Å². The second-order valence-electron chi connectivity index (χ2n) is 4.85. The van der Waals surface area contributed by atoms with Crippen molar-refractivity contribution in [2.45, 2.75) is 31.1 Å². The van der Waals surface area contributed by atoms with Crippen molar-refractivity contribution in [1.29, 1.82) is 0 Å². The van der Waals surface area contributed by atoms with Crippen molar-refractivity contribution in [2.75, 3.05) is 19.8 Å². The lowest BCUT2D eigenvalue weighted by atomic mass is 10.2. The highest BCUT2D eigenvalue weighted by molar-refractivity contribution is 5.93. The first-order valence-corrected chi connectivity index (χ1v) is 6.89. The van der Waals surface area contributed by atoms with E-state index in [4.69, 9.17) is 26.2 Å². The Kier molecular flexibility index (Phi) is 9.49. The monoisotopic (exact) mass is 350 g/mol. The molecule has 0 aliphatic rings. The SMILES string of the molecule is C[C@H](NC(=O)[C@H](CO)NC(=O)[C@@H](N)CO)C(=O)N[C@@H](CO)C(=O)O. The number of aliphatic hydroxyl groups excluding tert-OH is 3. The van der Waals surface area contributed by atoms with Gasteiger partial charge >= 0.3 is 5.97 Å². The van der Waals surface area contributed by atoms with E-state index in [9.17, 15) is 19.2 Å². The predicted octanol–water partition coefficient (Wildman–Crippen LogP) is -5.15. The molecule has 0 aromatic heterocycles. The molecule has 0 heterocycles. The fraction of sp³-hybridized carbons (Fsp3) is 0.667. The summed E-state index contributed by atoms with van der Waals surface area (Å²) in [4.78, 5) is 45.8. The Morgan fingerprint density at radius 3 is 1.75 bits per heavy atom. The topological polar surface area (TPSA) is 211 Å². The maximum Gasteiger partial charge on any atom is 0.328 e. The molecule has 0 unspecified atom stereocenters. The van der Waals surface area contributed by atoms with Crippen molar-refractivity contribution < 1.29 is 39.6 Å². The molecule has 0 aliphatic carbocycles. The zero-order chi connectivity index (χ0) is 18.9. The van der Waals surface area contributed by atoms with Crippen LogP contribution < -0.4 is 21.7 Å². The molecular formula is C12H22N4O8. The highest BCUT2D eigenvalue weighted by Gasteiger charge is 2.27. The molecule has 4 atom stereocenters. The Morgan fingerprint density at radius 1 is 0.833 bits per heavy atom. The van der Waals surface area contributed by atoms with E-state index in [1.54, 1.807) is 0 Å². The highest BCUT2D eigenvalue weighted by atomic mass is 16.4. The zero-order valence-corrected chi connectivity index (χ0v) is 12.9. The minimum absolute atomic E-state index is 0.665. The lowest BCUT2D eigenvalue weighted by molar-refractivity contribution is -0.143. The molecule has 0 aromatic rings. The molecule has 0 radical (unpaired) electrons. The first-order chi connectivity index (χ1) is 11.2. The van der Waals surface area contributed by atoms with Crippen LogP contribution in [0.3, 0.4) is 0 Å². The van der Waals surface area contributed by atoms with Gasteiger partial charge in [-0.25, -0.2) is 4.79 Å². The van der Waals surface area contributed by atoms with Crippen LogP contribution in [0.25, 0.3) is 0 Å². The fourth-order valence-electron chi connectivity index (χ4n) is 1.42. The summed E-state index contributed by atoms with van der Waals surface area (Å²) in [5.74, 6) is -4.15. The number of hydrogen-bond donors (Lipinski definition) is 8. The number of carbonyl (C=O) groups excluding carboxylic acids is 3. The number of hydrogen-bond acceptors (Lipinski definition) is 8. The van der Waals surface area contributed by atoms with Gasteiger partial charge in [0.2, 0.25) is 17.7 Å². The average Bonchev–Trinajstić information content (AvgIpc) is 2.55. The number of carboxylic acids is 1. The number of aliphatic hydroxyl groups is 3. The molecule has 0 fully saturated rings. The third-order valence-corrected chi connectivity index (χ3v) is 2.90. The first-order valence-electron chi connectivity index (χ1n) is 6.89. The van der Waals surface area contributed by atoms with Gasteiger partial charge in [0, 0.05) is 0 Å². The van der Waals surface area contributed by atoms with E-state index < -0.39 is 67.7 Å². The number of carbonyl (C=O) groups is 4. The third kappa shape index (κ3) is 6.87. The van der Waals surface area contributed by atoms with E-state index >= 15 is 0 Å². The average molecular weight is 350 g/mol. The summed E-state index contributed by atoms with van der Waals surface area (Å²) in [6.45, 7) is -1.06. The number of nitrogens with one attached hydrogen (secondary N) is 3. The molecule has 0 bridgehead atoms. The van der Waals surface area contributed by atoms with Crippen molar-refractivity contribution in [1.82, 2.24) is 16.0 Å². The van der Waals surface area contributed by atoms with Gasteiger partial charge in [-0.05, 0) is 6.92 Å². The largest absolute Gasteiger partial charge is 0.480 e. The minimum Gasteiger partial charge on any atom is -0.480 e.